The predicted octanol–water partition coefficient (Wildman–Crippen LogP) is 6.28. The van der Waals surface area contributed by atoms with Crippen LogP contribution in [0.15, 0.2) is 34.7 Å². The lowest BCUT2D eigenvalue weighted by Crippen LogP contribution is -1.91. The molecule has 0 unspecified atom stereocenters. The predicted molar refractivity (Wildman–Crippen MR) is 94.9 cm³/mol. The highest BCUT2D eigenvalue weighted by molar-refractivity contribution is 6.16. The van der Waals surface area contributed by atoms with Crippen LogP contribution in [-0.4, -0.2) is 0 Å². The molecule has 0 aliphatic rings. The second-order valence-electron chi connectivity index (χ2n) is 6.47. The Morgan fingerprint density at radius 3 is 2.09 bits per heavy atom. The molecule has 0 N–H and O–H groups in total. The zero-order valence-electron chi connectivity index (χ0n) is 13.8. The molecular formula is C21H20O. The fraction of sp³-hybridized carbons (Fsp3) is 0.238. The highest BCUT2D eigenvalue weighted by Crippen LogP contribution is 2.39. The van der Waals surface area contributed by atoms with E-state index >= 15 is 0 Å². The maximum absolute atomic E-state index is 6.35. The zero-order valence-corrected chi connectivity index (χ0v) is 13.8. The van der Waals surface area contributed by atoms with Gasteiger partial charge in [-0.1, -0.05) is 29.8 Å². The molecule has 0 spiro atoms. The SMILES string of the molecule is Cc1ccc2c(ccc3c2oc2c(C)c(C)c(C)c(C)c23)c1. The first-order valence-corrected chi connectivity index (χ1v) is 7.81. The highest BCUT2D eigenvalue weighted by atomic mass is 16.3. The summed E-state index contributed by atoms with van der Waals surface area (Å²) in [5, 5.41) is 4.96. The van der Waals surface area contributed by atoms with Gasteiger partial charge < -0.3 is 4.42 Å². The normalized spacial score (nSPS) is 11.9. The Morgan fingerprint density at radius 1 is 0.636 bits per heavy atom. The van der Waals surface area contributed by atoms with E-state index in [1.165, 1.54) is 49.4 Å². The van der Waals surface area contributed by atoms with E-state index in [1.54, 1.807) is 0 Å². The van der Waals surface area contributed by atoms with Crippen molar-refractivity contribution in [3.05, 3.63) is 58.1 Å². The third kappa shape index (κ3) is 1.60. The average Bonchev–Trinajstić information content (AvgIpc) is 2.90. The molecule has 1 nitrogen and oxygen atoms in total. The lowest BCUT2D eigenvalue weighted by Gasteiger charge is -2.09. The molecule has 1 heteroatoms. The minimum absolute atomic E-state index is 1.02. The summed E-state index contributed by atoms with van der Waals surface area (Å²) < 4.78 is 6.35. The van der Waals surface area contributed by atoms with Crippen molar-refractivity contribution in [2.75, 3.05) is 0 Å². The van der Waals surface area contributed by atoms with Gasteiger partial charge in [-0.25, -0.2) is 0 Å². The Balaban J connectivity index is 2.30. The van der Waals surface area contributed by atoms with E-state index in [0.29, 0.717) is 0 Å². The quantitative estimate of drug-likeness (QED) is 0.371. The fourth-order valence-electron chi connectivity index (χ4n) is 3.56. The van der Waals surface area contributed by atoms with Crippen LogP contribution in [-0.2, 0) is 0 Å². The Kier molecular flexibility index (Phi) is 2.65. The van der Waals surface area contributed by atoms with Crippen LogP contribution >= 0.6 is 0 Å². The van der Waals surface area contributed by atoms with E-state index in [1.807, 2.05) is 0 Å². The van der Waals surface area contributed by atoms with Crippen LogP contribution in [0.5, 0.6) is 0 Å². The molecule has 0 saturated carbocycles. The molecule has 4 rings (SSSR count). The molecule has 0 atom stereocenters. The minimum Gasteiger partial charge on any atom is -0.455 e. The monoisotopic (exact) mass is 288 g/mol. The van der Waals surface area contributed by atoms with E-state index in [0.717, 1.165) is 11.2 Å². The number of rotatable bonds is 0. The molecule has 0 saturated heterocycles. The topological polar surface area (TPSA) is 13.1 Å². The Hall–Kier alpha value is -2.28. The van der Waals surface area contributed by atoms with Gasteiger partial charge in [-0.2, -0.15) is 0 Å². The van der Waals surface area contributed by atoms with Crippen LogP contribution in [0.2, 0.25) is 0 Å². The van der Waals surface area contributed by atoms with Crippen LogP contribution in [0.3, 0.4) is 0 Å². The van der Waals surface area contributed by atoms with Gasteiger partial charge in [-0.15, -0.1) is 0 Å². The number of fused-ring (bicyclic) bond motifs is 5. The summed E-state index contributed by atoms with van der Waals surface area (Å²) in [6.45, 7) is 10.9. The number of aryl methyl sites for hydroxylation is 3. The standard InChI is InChI=1S/C21H20O/c1-11-6-8-17-16(10-11)7-9-18-19-14(4)12(2)13(3)15(5)20(19)22-21(17)18/h6-10H,1-5H3. The molecule has 3 aromatic carbocycles. The number of hydrogen-bond donors (Lipinski definition) is 0. The van der Waals surface area contributed by atoms with Crippen molar-refractivity contribution in [2.24, 2.45) is 0 Å². The van der Waals surface area contributed by atoms with Crippen LogP contribution in [0.25, 0.3) is 32.7 Å². The molecule has 0 aliphatic carbocycles. The number of benzene rings is 3. The Bertz CT molecular complexity index is 1060. The van der Waals surface area contributed by atoms with Crippen LogP contribution in [0.4, 0.5) is 0 Å². The zero-order chi connectivity index (χ0) is 15.6. The molecule has 0 aliphatic heterocycles. The molecule has 0 amide bonds. The van der Waals surface area contributed by atoms with Gasteiger partial charge in [0.1, 0.15) is 11.2 Å². The van der Waals surface area contributed by atoms with Gasteiger partial charge in [0.05, 0.1) is 0 Å². The molecule has 0 bridgehead atoms. The van der Waals surface area contributed by atoms with Crippen molar-refractivity contribution >= 4 is 32.7 Å². The van der Waals surface area contributed by atoms with Gasteiger partial charge in [-0.3, -0.25) is 0 Å². The van der Waals surface area contributed by atoms with E-state index in [4.69, 9.17) is 4.42 Å². The van der Waals surface area contributed by atoms with Crippen molar-refractivity contribution in [3.8, 4) is 0 Å². The summed E-state index contributed by atoms with van der Waals surface area (Å²) in [5.41, 5.74) is 8.65. The summed E-state index contributed by atoms with van der Waals surface area (Å²) in [5.74, 6) is 0. The van der Waals surface area contributed by atoms with E-state index in [9.17, 15) is 0 Å². The summed E-state index contributed by atoms with van der Waals surface area (Å²) >= 11 is 0. The molecular weight excluding hydrogens is 268 g/mol. The van der Waals surface area contributed by atoms with Gasteiger partial charge in [0, 0.05) is 16.2 Å². The van der Waals surface area contributed by atoms with Crippen molar-refractivity contribution in [1.82, 2.24) is 0 Å². The largest absolute Gasteiger partial charge is 0.455 e. The van der Waals surface area contributed by atoms with Crippen molar-refractivity contribution in [3.63, 3.8) is 0 Å². The lowest BCUT2D eigenvalue weighted by atomic mass is 9.94. The molecule has 0 radical (unpaired) electrons. The molecule has 110 valence electrons. The summed E-state index contributed by atoms with van der Waals surface area (Å²) in [4.78, 5) is 0. The van der Waals surface area contributed by atoms with Gasteiger partial charge in [0.25, 0.3) is 0 Å². The Labute approximate surface area is 130 Å². The third-order valence-corrected chi connectivity index (χ3v) is 5.23. The van der Waals surface area contributed by atoms with Gasteiger partial charge in [-0.05, 0) is 68.3 Å². The van der Waals surface area contributed by atoms with Crippen molar-refractivity contribution in [1.29, 1.82) is 0 Å². The maximum Gasteiger partial charge on any atom is 0.143 e. The second kappa shape index (κ2) is 4.36. The molecule has 1 aromatic heterocycles. The highest BCUT2D eigenvalue weighted by Gasteiger charge is 2.17. The number of furan rings is 1. The third-order valence-electron chi connectivity index (χ3n) is 5.23. The average molecular weight is 288 g/mol. The van der Waals surface area contributed by atoms with Crippen LogP contribution < -0.4 is 0 Å². The first-order valence-electron chi connectivity index (χ1n) is 7.81. The number of hydrogen-bond acceptors (Lipinski definition) is 1. The molecule has 4 aromatic rings. The van der Waals surface area contributed by atoms with Crippen LogP contribution in [0, 0.1) is 34.6 Å². The lowest BCUT2D eigenvalue weighted by molar-refractivity contribution is 0.668. The first kappa shape index (κ1) is 13.4. The fourth-order valence-corrected chi connectivity index (χ4v) is 3.56. The van der Waals surface area contributed by atoms with Crippen LogP contribution in [0.1, 0.15) is 27.8 Å². The van der Waals surface area contributed by atoms with Gasteiger partial charge >= 0.3 is 0 Å². The second-order valence-corrected chi connectivity index (χ2v) is 6.47. The van der Waals surface area contributed by atoms with Crippen molar-refractivity contribution in [2.45, 2.75) is 34.6 Å². The van der Waals surface area contributed by atoms with E-state index < -0.39 is 0 Å². The summed E-state index contributed by atoms with van der Waals surface area (Å²) in [6.07, 6.45) is 0. The maximum atomic E-state index is 6.35. The van der Waals surface area contributed by atoms with Gasteiger partial charge in [0.2, 0.25) is 0 Å². The van der Waals surface area contributed by atoms with E-state index in [-0.39, 0.29) is 0 Å². The summed E-state index contributed by atoms with van der Waals surface area (Å²) in [7, 11) is 0. The van der Waals surface area contributed by atoms with E-state index in [2.05, 4.69) is 65.0 Å². The first-order chi connectivity index (χ1) is 10.5. The van der Waals surface area contributed by atoms with Crippen molar-refractivity contribution < 1.29 is 4.42 Å². The molecule has 0 fully saturated rings. The smallest absolute Gasteiger partial charge is 0.143 e. The van der Waals surface area contributed by atoms with Gasteiger partial charge in [0.15, 0.2) is 0 Å². The molecule has 22 heavy (non-hydrogen) atoms. The Morgan fingerprint density at radius 2 is 1.32 bits per heavy atom. The minimum atomic E-state index is 1.02. The molecule has 1 heterocycles. The summed E-state index contributed by atoms with van der Waals surface area (Å²) in [6, 6.07) is 11.0.